The number of hydrogen-bond acceptors (Lipinski definition) is 2. The fraction of sp³-hybridized carbons (Fsp3) is 0.222. The summed E-state index contributed by atoms with van der Waals surface area (Å²) in [6.45, 7) is 0.745. The molecule has 68 valence electrons. The van der Waals surface area contributed by atoms with Crippen LogP contribution in [0, 0.1) is 0 Å². The van der Waals surface area contributed by atoms with Gasteiger partial charge in [0.15, 0.2) is 0 Å². The quantitative estimate of drug-likeness (QED) is 0.811. The first-order valence-electron chi connectivity index (χ1n) is 4.08. The minimum Gasteiger partial charge on any atom is -0.285 e. The van der Waals surface area contributed by atoms with Gasteiger partial charge in [-0.1, -0.05) is 22.0 Å². The minimum absolute atomic E-state index is 0.0833. The van der Waals surface area contributed by atoms with Crippen LogP contribution >= 0.6 is 15.9 Å². The molecule has 0 saturated carbocycles. The minimum atomic E-state index is 0.0833. The monoisotopic (exact) mass is 240 g/mol. The largest absolute Gasteiger partial charge is 0.285 e. The van der Waals surface area contributed by atoms with E-state index in [-0.39, 0.29) is 5.91 Å². The standard InChI is InChI=1S/C9H9BrN2O/c10-7-2-1-3-8(6-7)12-5-4-9(13)11-12/h1-3,6H,4-5H2,(H,11,13). The summed E-state index contributed by atoms with van der Waals surface area (Å²) in [5, 5.41) is 1.85. The summed E-state index contributed by atoms with van der Waals surface area (Å²) in [6, 6.07) is 7.85. The predicted molar refractivity (Wildman–Crippen MR) is 54.2 cm³/mol. The number of hydrazine groups is 1. The third-order valence-electron chi connectivity index (χ3n) is 1.94. The molecule has 1 aromatic rings. The molecule has 0 atom stereocenters. The molecule has 0 aliphatic carbocycles. The van der Waals surface area contributed by atoms with E-state index < -0.39 is 0 Å². The summed E-state index contributed by atoms with van der Waals surface area (Å²) in [7, 11) is 0. The number of rotatable bonds is 1. The van der Waals surface area contributed by atoms with Gasteiger partial charge in [-0.3, -0.25) is 15.2 Å². The molecule has 1 heterocycles. The number of anilines is 1. The Balaban J connectivity index is 2.21. The zero-order valence-corrected chi connectivity index (χ0v) is 8.54. The van der Waals surface area contributed by atoms with Crippen LogP contribution in [0.25, 0.3) is 0 Å². The number of hydrogen-bond donors (Lipinski definition) is 1. The molecule has 1 aliphatic heterocycles. The summed E-state index contributed by atoms with van der Waals surface area (Å²) in [6.07, 6.45) is 0.576. The maximum Gasteiger partial charge on any atom is 0.240 e. The molecule has 0 aromatic heterocycles. The smallest absolute Gasteiger partial charge is 0.240 e. The van der Waals surface area contributed by atoms with Crippen LogP contribution in [0.4, 0.5) is 5.69 Å². The van der Waals surface area contributed by atoms with Gasteiger partial charge in [-0.2, -0.15) is 0 Å². The van der Waals surface area contributed by atoms with Gasteiger partial charge in [0.05, 0.1) is 5.69 Å². The predicted octanol–water partition coefficient (Wildman–Crippen LogP) is 1.69. The van der Waals surface area contributed by atoms with E-state index in [4.69, 9.17) is 0 Å². The molecule has 0 spiro atoms. The second kappa shape index (κ2) is 3.38. The molecular formula is C9H9BrN2O. The molecule has 0 unspecified atom stereocenters. The molecule has 4 heteroatoms. The van der Waals surface area contributed by atoms with E-state index in [1.165, 1.54) is 0 Å². The van der Waals surface area contributed by atoms with Crippen LogP contribution in [0.2, 0.25) is 0 Å². The van der Waals surface area contributed by atoms with Gasteiger partial charge < -0.3 is 0 Å². The highest BCUT2D eigenvalue weighted by Gasteiger charge is 2.18. The Morgan fingerprint density at radius 1 is 1.46 bits per heavy atom. The molecule has 1 N–H and O–H groups in total. The number of benzene rings is 1. The highest BCUT2D eigenvalue weighted by atomic mass is 79.9. The highest BCUT2D eigenvalue weighted by Crippen LogP contribution is 2.20. The molecule has 3 nitrogen and oxygen atoms in total. The van der Waals surface area contributed by atoms with Gasteiger partial charge in [0.2, 0.25) is 5.91 Å². The summed E-state index contributed by atoms with van der Waals surface area (Å²) in [4.78, 5) is 10.9. The van der Waals surface area contributed by atoms with Crippen molar-refractivity contribution < 1.29 is 4.79 Å². The maximum atomic E-state index is 10.9. The molecule has 13 heavy (non-hydrogen) atoms. The number of carbonyl (C=O) groups excluding carboxylic acids is 1. The molecule has 1 amide bonds. The Morgan fingerprint density at radius 3 is 2.92 bits per heavy atom. The van der Waals surface area contributed by atoms with Crippen molar-refractivity contribution in [3.8, 4) is 0 Å². The van der Waals surface area contributed by atoms with Gasteiger partial charge in [-0.25, -0.2) is 0 Å². The normalized spacial score (nSPS) is 16.1. The first-order valence-corrected chi connectivity index (χ1v) is 4.87. The topological polar surface area (TPSA) is 32.3 Å². The number of nitrogens with one attached hydrogen (secondary N) is 1. The molecule has 1 aromatic carbocycles. The Labute approximate surface area is 84.8 Å². The highest BCUT2D eigenvalue weighted by molar-refractivity contribution is 9.10. The molecular weight excluding hydrogens is 232 g/mol. The first-order chi connectivity index (χ1) is 6.25. The van der Waals surface area contributed by atoms with E-state index in [9.17, 15) is 4.79 Å². The van der Waals surface area contributed by atoms with Crippen molar-refractivity contribution in [2.45, 2.75) is 6.42 Å². The van der Waals surface area contributed by atoms with Crippen LogP contribution in [-0.4, -0.2) is 12.5 Å². The molecule has 1 aliphatic rings. The molecule has 1 saturated heterocycles. The van der Waals surface area contributed by atoms with E-state index in [0.717, 1.165) is 16.7 Å². The lowest BCUT2D eigenvalue weighted by molar-refractivity contribution is -0.119. The van der Waals surface area contributed by atoms with Crippen molar-refractivity contribution in [2.24, 2.45) is 0 Å². The summed E-state index contributed by atoms with van der Waals surface area (Å²) in [5.41, 5.74) is 3.79. The average Bonchev–Trinajstić information content (AvgIpc) is 2.52. The lowest BCUT2D eigenvalue weighted by Crippen LogP contribution is -2.32. The maximum absolute atomic E-state index is 10.9. The van der Waals surface area contributed by atoms with E-state index in [2.05, 4.69) is 21.4 Å². The first kappa shape index (κ1) is 8.56. The molecule has 0 radical (unpaired) electrons. The third-order valence-corrected chi connectivity index (χ3v) is 2.44. The molecule has 1 fully saturated rings. The number of carbonyl (C=O) groups is 1. The van der Waals surface area contributed by atoms with Crippen LogP contribution < -0.4 is 10.4 Å². The third kappa shape index (κ3) is 1.83. The van der Waals surface area contributed by atoms with E-state index in [1.807, 2.05) is 29.3 Å². The Hall–Kier alpha value is -1.03. The van der Waals surface area contributed by atoms with Gasteiger partial charge in [-0.05, 0) is 18.2 Å². The van der Waals surface area contributed by atoms with E-state index >= 15 is 0 Å². The lowest BCUT2D eigenvalue weighted by Gasteiger charge is -2.16. The second-order valence-electron chi connectivity index (χ2n) is 2.92. The fourth-order valence-electron chi connectivity index (χ4n) is 1.31. The van der Waals surface area contributed by atoms with Crippen molar-refractivity contribution in [2.75, 3.05) is 11.6 Å². The number of halogens is 1. The summed E-state index contributed by atoms with van der Waals surface area (Å²) in [5.74, 6) is 0.0833. The van der Waals surface area contributed by atoms with Crippen LogP contribution in [0.3, 0.4) is 0 Å². The zero-order valence-electron chi connectivity index (χ0n) is 6.96. The number of nitrogens with zero attached hydrogens (tertiary/aromatic N) is 1. The Bertz CT molecular complexity index is 340. The SMILES string of the molecule is O=C1CCN(c2cccc(Br)c2)N1. The van der Waals surface area contributed by atoms with Crippen molar-refractivity contribution in [1.82, 2.24) is 5.43 Å². The van der Waals surface area contributed by atoms with E-state index in [1.54, 1.807) is 0 Å². The van der Waals surface area contributed by atoms with Crippen molar-refractivity contribution in [3.63, 3.8) is 0 Å². The second-order valence-corrected chi connectivity index (χ2v) is 3.83. The number of amides is 1. The average molecular weight is 241 g/mol. The van der Waals surface area contributed by atoms with Crippen LogP contribution in [0.1, 0.15) is 6.42 Å². The van der Waals surface area contributed by atoms with Gasteiger partial charge >= 0.3 is 0 Å². The van der Waals surface area contributed by atoms with Gasteiger partial charge in [0.1, 0.15) is 0 Å². The van der Waals surface area contributed by atoms with Gasteiger partial charge in [0.25, 0.3) is 0 Å². The molecule has 2 rings (SSSR count). The Kier molecular flexibility index (Phi) is 2.22. The zero-order chi connectivity index (χ0) is 9.26. The van der Waals surface area contributed by atoms with Crippen molar-refractivity contribution in [3.05, 3.63) is 28.7 Å². The van der Waals surface area contributed by atoms with Crippen molar-refractivity contribution >= 4 is 27.5 Å². The summed E-state index contributed by atoms with van der Waals surface area (Å²) < 4.78 is 1.02. The lowest BCUT2D eigenvalue weighted by atomic mass is 10.3. The van der Waals surface area contributed by atoms with Crippen LogP contribution in [0.15, 0.2) is 28.7 Å². The Morgan fingerprint density at radius 2 is 2.31 bits per heavy atom. The fourth-order valence-corrected chi connectivity index (χ4v) is 1.70. The van der Waals surface area contributed by atoms with Crippen LogP contribution in [0.5, 0.6) is 0 Å². The van der Waals surface area contributed by atoms with Crippen LogP contribution in [-0.2, 0) is 4.79 Å². The summed E-state index contributed by atoms with van der Waals surface area (Å²) >= 11 is 3.38. The molecule has 0 bridgehead atoms. The van der Waals surface area contributed by atoms with E-state index in [0.29, 0.717) is 6.42 Å². The van der Waals surface area contributed by atoms with Crippen molar-refractivity contribution in [1.29, 1.82) is 0 Å². The van der Waals surface area contributed by atoms with Gasteiger partial charge in [0, 0.05) is 17.4 Å². The van der Waals surface area contributed by atoms with Gasteiger partial charge in [-0.15, -0.1) is 0 Å².